The predicted octanol–water partition coefficient (Wildman–Crippen LogP) is 3.30. The summed E-state index contributed by atoms with van der Waals surface area (Å²) in [6, 6.07) is 9.00. The zero-order valence-corrected chi connectivity index (χ0v) is 16.3. The van der Waals surface area contributed by atoms with Crippen LogP contribution in [0.15, 0.2) is 40.6 Å². The summed E-state index contributed by atoms with van der Waals surface area (Å²) in [7, 11) is -3.57. The van der Waals surface area contributed by atoms with Gasteiger partial charge in [-0.1, -0.05) is 12.5 Å². The lowest BCUT2D eigenvalue weighted by atomic mass is 9.84. The van der Waals surface area contributed by atoms with E-state index in [1.807, 2.05) is 29.3 Å². The highest BCUT2D eigenvalue weighted by Gasteiger charge is 2.37. The quantitative estimate of drug-likeness (QED) is 0.852. The second-order valence-corrected chi connectivity index (χ2v) is 9.88. The molecule has 1 amide bonds. The lowest BCUT2D eigenvalue weighted by molar-refractivity contribution is -0.125. The topological polar surface area (TPSA) is 66.5 Å². The van der Waals surface area contributed by atoms with Crippen molar-refractivity contribution in [1.82, 2.24) is 4.72 Å². The van der Waals surface area contributed by atoms with E-state index in [1.54, 1.807) is 18.2 Å². The molecule has 1 aromatic heterocycles. The van der Waals surface area contributed by atoms with E-state index in [0.717, 1.165) is 35.4 Å². The van der Waals surface area contributed by atoms with Gasteiger partial charge in [0.1, 0.15) is 0 Å². The number of amides is 1. The molecule has 1 fully saturated rings. The van der Waals surface area contributed by atoms with Crippen molar-refractivity contribution < 1.29 is 13.2 Å². The minimum atomic E-state index is -3.57. The third-order valence-corrected chi connectivity index (χ3v) is 7.56. The number of fused-ring (bicyclic) bond motifs is 1. The van der Waals surface area contributed by atoms with Crippen LogP contribution in [0.4, 0.5) is 5.69 Å². The molecule has 2 aromatic rings. The number of nitrogens with one attached hydrogen (secondary N) is 1. The summed E-state index contributed by atoms with van der Waals surface area (Å²) in [6.45, 7) is 2.32. The number of thiophene rings is 1. The Kier molecular flexibility index (Phi) is 4.62. The molecule has 26 heavy (non-hydrogen) atoms. The van der Waals surface area contributed by atoms with Crippen LogP contribution in [0.3, 0.4) is 0 Å². The van der Waals surface area contributed by atoms with Crippen molar-refractivity contribution in [2.45, 2.75) is 50.1 Å². The first kappa shape index (κ1) is 17.7. The van der Waals surface area contributed by atoms with E-state index in [1.165, 1.54) is 11.3 Å². The third kappa shape index (κ3) is 3.19. The highest BCUT2D eigenvalue weighted by Crippen LogP contribution is 2.38. The van der Waals surface area contributed by atoms with E-state index in [4.69, 9.17) is 0 Å². The van der Waals surface area contributed by atoms with Gasteiger partial charge in [0, 0.05) is 29.1 Å². The summed E-state index contributed by atoms with van der Waals surface area (Å²) >= 11 is 1.52. The second kappa shape index (κ2) is 6.79. The molecule has 0 saturated heterocycles. The van der Waals surface area contributed by atoms with Crippen molar-refractivity contribution >= 4 is 33.0 Å². The van der Waals surface area contributed by atoms with Gasteiger partial charge in [0.05, 0.1) is 4.90 Å². The van der Waals surface area contributed by atoms with Gasteiger partial charge in [0.15, 0.2) is 0 Å². The number of carbonyl (C=O) groups is 1. The standard InChI is InChI=1S/C19H22N2O3S2/c1-13-10-15-11-17(26(23,24)20-12-16-6-3-9-25-16)7-8-18(15)21(13)19(22)14-4-2-5-14/h3,6-9,11,13-14,20H,2,4-5,10,12H2,1H3/t13-/m0/s1. The van der Waals surface area contributed by atoms with Crippen molar-refractivity contribution in [3.8, 4) is 0 Å². The van der Waals surface area contributed by atoms with Crippen LogP contribution in [0.1, 0.15) is 36.6 Å². The molecule has 1 atom stereocenters. The van der Waals surface area contributed by atoms with E-state index in [-0.39, 0.29) is 22.8 Å². The lowest BCUT2D eigenvalue weighted by Gasteiger charge is -2.32. The average molecular weight is 391 g/mol. The first-order chi connectivity index (χ1) is 12.5. The highest BCUT2D eigenvalue weighted by molar-refractivity contribution is 7.89. The Morgan fingerprint density at radius 3 is 2.77 bits per heavy atom. The monoisotopic (exact) mass is 390 g/mol. The molecule has 0 unspecified atom stereocenters. The van der Waals surface area contributed by atoms with Gasteiger partial charge >= 0.3 is 0 Å². The molecule has 4 rings (SSSR count). The Balaban J connectivity index is 1.55. The molecule has 1 N–H and O–H groups in total. The molecule has 1 aliphatic heterocycles. The average Bonchev–Trinajstić information content (AvgIpc) is 3.17. The van der Waals surface area contributed by atoms with E-state index >= 15 is 0 Å². The molecule has 2 aliphatic rings. The number of nitrogens with zero attached hydrogens (tertiary/aromatic N) is 1. The first-order valence-electron chi connectivity index (χ1n) is 8.94. The van der Waals surface area contributed by atoms with Gasteiger partial charge in [-0.05, 0) is 61.4 Å². The molecule has 0 bridgehead atoms. The molecule has 0 radical (unpaired) electrons. The Bertz CT molecular complexity index is 918. The highest BCUT2D eigenvalue weighted by atomic mass is 32.2. The maximum atomic E-state index is 12.7. The molecular weight excluding hydrogens is 368 g/mol. The van der Waals surface area contributed by atoms with Crippen LogP contribution >= 0.6 is 11.3 Å². The number of hydrogen-bond acceptors (Lipinski definition) is 4. The third-order valence-electron chi connectivity index (χ3n) is 5.29. The summed E-state index contributed by atoms with van der Waals surface area (Å²) in [5.41, 5.74) is 1.80. The normalized spacial score (nSPS) is 20.0. The van der Waals surface area contributed by atoms with Crippen LogP contribution in [0.5, 0.6) is 0 Å². The predicted molar refractivity (Wildman–Crippen MR) is 103 cm³/mol. The van der Waals surface area contributed by atoms with Gasteiger partial charge in [0.25, 0.3) is 0 Å². The zero-order chi connectivity index (χ0) is 18.3. The summed E-state index contributed by atoms with van der Waals surface area (Å²) in [4.78, 5) is 15.8. The fraction of sp³-hybridized carbons (Fsp3) is 0.421. The molecule has 1 aliphatic carbocycles. The molecule has 0 spiro atoms. The minimum absolute atomic E-state index is 0.0788. The van der Waals surface area contributed by atoms with Crippen molar-refractivity contribution in [1.29, 1.82) is 0 Å². The van der Waals surface area contributed by atoms with E-state index < -0.39 is 10.0 Å². The first-order valence-corrected chi connectivity index (χ1v) is 11.3. The Morgan fingerprint density at radius 2 is 2.12 bits per heavy atom. The van der Waals surface area contributed by atoms with Crippen LogP contribution < -0.4 is 9.62 Å². The number of benzene rings is 1. The van der Waals surface area contributed by atoms with Gasteiger partial charge in [-0.2, -0.15) is 0 Å². The Hall–Kier alpha value is -1.70. The molecular formula is C19H22N2O3S2. The summed E-state index contributed by atoms with van der Waals surface area (Å²) in [5, 5.41) is 1.92. The molecule has 7 heteroatoms. The summed E-state index contributed by atoms with van der Waals surface area (Å²) in [5.74, 6) is 0.327. The van der Waals surface area contributed by atoms with Crippen molar-refractivity contribution in [2.75, 3.05) is 4.90 Å². The number of rotatable bonds is 5. The van der Waals surface area contributed by atoms with Crippen LogP contribution in [0.2, 0.25) is 0 Å². The molecule has 138 valence electrons. The van der Waals surface area contributed by atoms with Crippen molar-refractivity contribution in [3.63, 3.8) is 0 Å². The summed E-state index contributed by atoms with van der Waals surface area (Å²) < 4.78 is 27.9. The maximum Gasteiger partial charge on any atom is 0.240 e. The zero-order valence-electron chi connectivity index (χ0n) is 14.6. The number of carbonyl (C=O) groups excluding carboxylic acids is 1. The van der Waals surface area contributed by atoms with Gasteiger partial charge in [-0.25, -0.2) is 13.1 Å². The molecule has 2 heterocycles. The van der Waals surface area contributed by atoms with Gasteiger partial charge in [-0.3, -0.25) is 4.79 Å². The fourth-order valence-corrected chi connectivity index (χ4v) is 5.42. The van der Waals surface area contributed by atoms with E-state index in [0.29, 0.717) is 13.0 Å². The van der Waals surface area contributed by atoms with Crippen molar-refractivity contribution in [3.05, 3.63) is 46.2 Å². The SMILES string of the molecule is C[C@H]1Cc2cc(S(=O)(=O)NCc3cccs3)ccc2N1C(=O)C1CCC1. The van der Waals surface area contributed by atoms with Crippen molar-refractivity contribution in [2.24, 2.45) is 5.92 Å². The fourth-order valence-electron chi connectivity index (χ4n) is 3.62. The van der Waals surface area contributed by atoms with Gasteiger partial charge in [-0.15, -0.1) is 11.3 Å². The van der Waals surface area contributed by atoms with E-state index in [2.05, 4.69) is 4.72 Å². The minimum Gasteiger partial charge on any atom is -0.309 e. The van der Waals surface area contributed by atoms with Crippen LogP contribution in [0, 0.1) is 5.92 Å². The molecule has 5 nitrogen and oxygen atoms in total. The molecule has 1 saturated carbocycles. The maximum absolute atomic E-state index is 12.7. The van der Waals surface area contributed by atoms with Gasteiger partial charge < -0.3 is 4.90 Å². The number of hydrogen-bond donors (Lipinski definition) is 1. The van der Waals surface area contributed by atoms with E-state index in [9.17, 15) is 13.2 Å². The van der Waals surface area contributed by atoms with Gasteiger partial charge in [0.2, 0.25) is 15.9 Å². The Labute approximate surface area is 158 Å². The smallest absolute Gasteiger partial charge is 0.240 e. The second-order valence-electron chi connectivity index (χ2n) is 7.08. The summed E-state index contributed by atoms with van der Waals surface area (Å²) in [6.07, 6.45) is 3.76. The number of anilines is 1. The number of sulfonamides is 1. The van der Waals surface area contributed by atoms with Crippen LogP contribution in [-0.2, 0) is 27.8 Å². The largest absolute Gasteiger partial charge is 0.309 e. The van der Waals surface area contributed by atoms with Crippen LogP contribution in [-0.4, -0.2) is 20.4 Å². The molecule has 1 aromatic carbocycles. The lowest BCUT2D eigenvalue weighted by Crippen LogP contribution is -2.42. The van der Waals surface area contributed by atoms with Crippen LogP contribution in [0.25, 0.3) is 0 Å². The Morgan fingerprint density at radius 1 is 1.31 bits per heavy atom.